The first-order valence-electron chi connectivity index (χ1n) is 17.2. The number of nitrogens with two attached hydrogens (primary N) is 2. The smallest absolute Gasteiger partial charge is 0.340 e. The van der Waals surface area contributed by atoms with Crippen molar-refractivity contribution in [1.29, 1.82) is 0 Å². The molecule has 5 rings (SSSR count). The molecule has 2 aliphatic rings. The zero-order chi connectivity index (χ0) is 38.3. The van der Waals surface area contributed by atoms with Crippen LogP contribution in [0.25, 0.3) is 0 Å². The van der Waals surface area contributed by atoms with Crippen LogP contribution in [0.5, 0.6) is 23.0 Å². The number of phenols is 2. The van der Waals surface area contributed by atoms with E-state index in [1.54, 1.807) is 24.3 Å². The molecule has 2 aliphatic heterocycles. The van der Waals surface area contributed by atoms with Crippen molar-refractivity contribution in [2.75, 3.05) is 13.1 Å². The van der Waals surface area contributed by atoms with Gasteiger partial charge in [-0.05, 0) is 88.4 Å². The van der Waals surface area contributed by atoms with Crippen LogP contribution in [0.4, 0.5) is 0 Å². The molecule has 53 heavy (non-hydrogen) atoms. The molecule has 0 saturated carbocycles. The lowest BCUT2D eigenvalue weighted by molar-refractivity contribution is -0.132. The maximum Gasteiger partial charge on any atom is 0.340 e. The quantitative estimate of drug-likeness (QED) is 0.0557. The molecule has 1 spiro atoms. The minimum Gasteiger partial charge on any atom is -0.508 e. The van der Waals surface area contributed by atoms with E-state index in [4.69, 9.17) is 20.9 Å². The number of primary amides is 1. The minimum absolute atomic E-state index is 0.0742. The number of phenolic OH excluding ortho intramolecular Hbond substituents is 2. The molecule has 3 atom stereocenters. The Morgan fingerprint density at radius 3 is 2.06 bits per heavy atom. The van der Waals surface area contributed by atoms with Gasteiger partial charge in [0.2, 0.25) is 24.1 Å². The third kappa shape index (κ3) is 8.17. The zero-order valence-electron chi connectivity index (χ0n) is 29.0. The molecule has 0 aromatic heterocycles. The van der Waals surface area contributed by atoms with Crippen molar-refractivity contribution in [3.63, 3.8) is 0 Å². The van der Waals surface area contributed by atoms with Crippen LogP contribution >= 0.6 is 0 Å². The van der Waals surface area contributed by atoms with E-state index in [1.807, 2.05) is 0 Å². The van der Waals surface area contributed by atoms with E-state index in [9.17, 15) is 39.0 Å². The fourth-order valence-corrected chi connectivity index (χ4v) is 6.42. The highest BCUT2D eigenvalue weighted by Crippen LogP contribution is 2.57. The summed E-state index contributed by atoms with van der Waals surface area (Å²) in [6.07, 6.45) is 2.74. The largest absolute Gasteiger partial charge is 0.508 e. The summed E-state index contributed by atoms with van der Waals surface area (Å²) in [5.74, 6) is -2.80. The number of carbonyl (C=O) groups excluding carboxylic acids is 6. The summed E-state index contributed by atoms with van der Waals surface area (Å²) in [6.45, 7) is 2.05. The number of nitrogens with one attached hydrogen (secondary N) is 4. The number of fused-ring (bicyclic) bond motifs is 6. The van der Waals surface area contributed by atoms with E-state index >= 15 is 0 Å². The van der Waals surface area contributed by atoms with Gasteiger partial charge in [0.25, 0.3) is 5.91 Å². The van der Waals surface area contributed by atoms with E-state index < -0.39 is 53.3 Å². The summed E-state index contributed by atoms with van der Waals surface area (Å²) in [5, 5.41) is 30.6. The fourth-order valence-electron chi connectivity index (χ4n) is 6.42. The first-order chi connectivity index (χ1) is 25.4. The second-order valence-corrected chi connectivity index (χ2v) is 12.9. The topological polar surface area (TPSA) is 262 Å². The lowest BCUT2D eigenvalue weighted by Crippen LogP contribution is -2.55. The molecule has 3 aromatic carbocycles. The number of hydrogen-bond acceptors (Lipinski definition) is 11. The van der Waals surface area contributed by atoms with E-state index in [0.29, 0.717) is 55.3 Å². The average molecular weight is 731 g/mol. The van der Waals surface area contributed by atoms with Gasteiger partial charge in [-0.3, -0.25) is 24.0 Å². The van der Waals surface area contributed by atoms with Gasteiger partial charge in [-0.15, -0.1) is 0 Å². The SMILES string of the molecule is C[C@H](NC=O)C(=O)N[C@@H](CCCCNC(=O)c1ccc2c(c1)C(=O)OC21c2ccc(O)cc2Oc2cc(O)ccc21)C(=O)N[C@@H](CCCCN)C(N)=O. The monoisotopic (exact) mass is 730 g/mol. The highest BCUT2D eigenvalue weighted by atomic mass is 16.6. The first kappa shape index (κ1) is 38.1. The van der Waals surface area contributed by atoms with Gasteiger partial charge in [0.15, 0.2) is 5.60 Å². The minimum atomic E-state index is -1.47. The second kappa shape index (κ2) is 16.5. The lowest BCUT2D eigenvalue weighted by Gasteiger charge is -2.36. The Hall–Kier alpha value is -6.16. The third-order valence-electron chi connectivity index (χ3n) is 9.19. The van der Waals surface area contributed by atoms with Gasteiger partial charge in [-0.25, -0.2) is 4.79 Å². The molecule has 16 nitrogen and oxygen atoms in total. The van der Waals surface area contributed by atoms with Crippen LogP contribution in [-0.4, -0.2) is 77.4 Å². The highest BCUT2D eigenvalue weighted by molar-refractivity contribution is 6.01. The Morgan fingerprint density at radius 2 is 1.43 bits per heavy atom. The first-order valence-corrected chi connectivity index (χ1v) is 17.2. The average Bonchev–Trinajstić information content (AvgIpc) is 3.41. The predicted octanol–water partition coefficient (Wildman–Crippen LogP) is 1.28. The molecule has 3 aromatic rings. The molecule has 10 N–H and O–H groups in total. The molecule has 0 aliphatic carbocycles. The fraction of sp³-hybridized carbons (Fsp3) is 0.351. The molecule has 280 valence electrons. The molecule has 0 bridgehead atoms. The highest BCUT2D eigenvalue weighted by Gasteiger charge is 2.53. The van der Waals surface area contributed by atoms with Crippen LogP contribution < -0.4 is 37.5 Å². The maximum absolute atomic E-state index is 13.4. The Bertz CT molecular complexity index is 1870. The second-order valence-electron chi connectivity index (χ2n) is 12.9. The molecule has 0 saturated heterocycles. The Morgan fingerprint density at radius 1 is 0.830 bits per heavy atom. The number of esters is 1. The van der Waals surface area contributed by atoms with Gasteiger partial charge >= 0.3 is 5.97 Å². The molecular formula is C37H42N6O10. The molecule has 0 unspecified atom stereocenters. The summed E-state index contributed by atoms with van der Waals surface area (Å²) in [5.41, 5.74) is 11.2. The molecule has 2 heterocycles. The summed E-state index contributed by atoms with van der Waals surface area (Å²) in [7, 11) is 0. The zero-order valence-corrected chi connectivity index (χ0v) is 29.0. The number of carbonyl (C=O) groups is 6. The van der Waals surface area contributed by atoms with Gasteiger partial charge in [0.1, 0.15) is 41.1 Å². The van der Waals surface area contributed by atoms with Gasteiger partial charge in [-0.2, -0.15) is 0 Å². The number of ether oxygens (including phenoxy) is 2. The van der Waals surface area contributed by atoms with E-state index in [2.05, 4.69) is 21.3 Å². The molecule has 16 heteroatoms. The maximum atomic E-state index is 13.4. The lowest BCUT2D eigenvalue weighted by atomic mass is 9.77. The Kier molecular flexibility index (Phi) is 11.8. The van der Waals surface area contributed by atoms with Crippen LogP contribution in [-0.2, 0) is 29.5 Å². The standard InChI is InChI=1S/C37H42N6O10/c1-20(41-19-44)33(48)43-29(35(50)42-28(32(39)47)6-2-4-14-38)7-3-5-15-40-34(49)21-8-11-25-24(16-21)36(51)53-37(25)26-12-9-22(45)17-30(26)52-31-18-23(46)10-13-27(31)37/h8-13,16-20,28-29,45-46H,2-7,14-15,38H2,1H3,(H2,39,47)(H,40,49)(H,41,44)(H,42,50)(H,43,48)/t20-,28-,29-/m0/s1. The Balaban J connectivity index is 1.25. The van der Waals surface area contributed by atoms with Crippen molar-refractivity contribution in [1.82, 2.24) is 21.3 Å². The number of unbranched alkanes of at least 4 members (excludes halogenated alkanes) is 2. The number of aromatic hydroxyl groups is 2. The van der Waals surface area contributed by atoms with Crippen molar-refractivity contribution in [3.8, 4) is 23.0 Å². The van der Waals surface area contributed by atoms with Crippen molar-refractivity contribution in [2.24, 2.45) is 11.5 Å². The summed E-state index contributed by atoms with van der Waals surface area (Å²) in [6, 6.07) is 10.5. The molecule has 5 amide bonds. The Labute approximate surface area is 304 Å². The van der Waals surface area contributed by atoms with Crippen LogP contribution in [0.1, 0.15) is 82.9 Å². The molecule has 0 fully saturated rings. The number of rotatable bonds is 17. The van der Waals surface area contributed by atoms with E-state index in [1.165, 1.54) is 37.3 Å². The van der Waals surface area contributed by atoms with E-state index in [0.717, 1.165) is 0 Å². The van der Waals surface area contributed by atoms with Crippen LogP contribution in [0, 0.1) is 0 Å². The molecular weight excluding hydrogens is 688 g/mol. The van der Waals surface area contributed by atoms with Gasteiger partial charge < -0.3 is 52.4 Å². The number of benzene rings is 3. The summed E-state index contributed by atoms with van der Waals surface area (Å²) in [4.78, 5) is 75.2. The third-order valence-corrected chi connectivity index (χ3v) is 9.19. The number of amides is 5. The van der Waals surface area contributed by atoms with E-state index in [-0.39, 0.29) is 53.5 Å². The summed E-state index contributed by atoms with van der Waals surface area (Å²) < 4.78 is 12.0. The normalized spacial score (nSPS) is 14.9. The molecule has 0 radical (unpaired) electrons. The van der Waals surface area contributed by atoms with Crippen molar-refractivity contribution in [2.45, 2.75) is 69.2 Å². The van der Waals surface area contributed by atoms with Crippen molar-refractivity contribution in [3.05, 3.63) is 82.4 Å². The van der Waals surface area contributed by atoms with Crippen molar-refractivity contribution < 1.29 is 48.5 Å². The van der Waals surface area contributed by atoms with Gasteiger partial charge in [0.05, 0.1) is 5.56 Å². The van der Waals surface area contributed by atoms with Crippen molar-refractivity contribution >= 4 is 36.0 Å². The number of hydrogen-bond donors (Lipinski definition) is 8. The van der Waals surface area contributed by atoms with Gasteiger partial charge in [0, 0.05) is 40.9 Å². The van der Waals surface area contributed by atoms with Gasteiger partial charge in [-0.1, -0.05) is 6.07 Å². The predicted molar refractivity (Wildman–Crippen MR) is 189 cm³/mol. The van der Waals surface area contributed by atoms with Crippen LogP contribution in [0.3, 0.4) is 0 Å². The summed E-state index contributed by atoms with van der Waals surface area (Å²) >= 11 is 0. The van der Waals surface area contributed by atoms with Crippen LogP contribution in [0.15, 0.2) is 54.6 Å². The van der Waals surface area contributed by atoms with Crippen LogP contribution in [0.2, 0.25) is 0 Å².